The molecule has 0 aliphatic carbocycles. The van der Waals surface area contributed by atoms with Crippen LogP contribution in [0.5, 0.6) is 0 Å². The molecule has 0 saturated carbocycles. The summed E-state index contributed by atoms with van der Waals surface area (Å²) in [6, 6.07) is 2.23. The lowest BCUT2D eigenvalue weighted by molar-refractivity contribution is -0.173. The minimum Gasteiger partial charge on any atom is -0.339 e. The van der Waals surface area contributed by atoms with Crippen molar-refractivity contribution in [3.63, 3.8) is 0 Å². The first-order chi connectivity index (χ1) is 15.6. The van der Waals surface area contributed by atoms with E-state index in [-0.39, 0.29) is 11.8 Å². The summed E-state index contributed by atoms with van der Waals surface area (Å²) in [4.78, 5) is 0. The van der Waals surface area contributed by atoms with E-state index in [1.54, 1.807) is 0 Å². The Morgan fingerprint density at radius 2 is 0.735 bits per heavy atom. The lowest BCUT2D eigenvalue weighted by atomic mass is 10.1. The van der Waals surface area contributed by atoms with E-state index in [0.717, 1.165) is 24.9 Å². The van der Waals surface area contributed by atoms with Crippen molar-refractivity contribution >= 4 is 19.0 Å². The largest absolute Gasteiger partial charge is 0.339 e. The lowest BCUT2D eigenvalue weighted by Crippen LogP contribution is -2.40. The molecule has 0 aromatic heterocycles. The Labute approximate surface area is 214 Å². The molecule has 0 bridgehead atoms. The number of unbranched alkanes of at least 4 members (excludes halogenated alkanes) is 3. The SMILES string of the molecule is C#CC(C)(C)OC(OC(C)(C)C#C)[SiH2]CCCCCC[SiH2]C(OC(C)(C)C#C)OC(C)(C)C#C. The summed E-state index contributed by atoms with van der Waals surface area (Å²) < 4.78 is 24.2. The molecule has 0 aliphatic heterocycles. The van der Waals surface area contributed by atoms with Crippen molar-refractivity contribution in [2.45, 2.75) is 127 Å². The fraction of sp³-hybridized carbons (Fsp3) is 0.714. The van der Waals surface area contributed by atoms with Gasteiger partial charge in [-0.25, -0.2) is 0 Å². The Bertz CT molecular complexity index is 650. The molecular formula is C28H46O4Si2. The monoisotopic (exact) mass is 502 g/mol. The quantitative estimate of drug-likeness (QED) is 0.130. The van der Waals surface area contributed by atoms with Crippen LogP contribution in [0.1, 0.15) is 81.1 Å². The fourth-order valence-electron chi connectivity index (χ4n) is 3.06. The fourth-order valence-corrected chi connectivity index (χ4v) is 7.15. The summed E-state index contributed by atoms with van der Waals surface area (Å²) >= 11 is 0. The molecule has 0 aliphatic rings. The Morgan fingerprint density at radius 3 is 0.941 bits per heavy atom. The Kier molecular flexibility index (Phi) is 14.2. The second kappa shape index (κ2) is 14.8. The van der Waals surface area contributed by atoms with Crippen molar-refractivity contribution in [3.05, 3.63) is 0 Å². The Hall–Kier alpha value is -1.49. The molecule has 0 amide bonds. The summed E-state index contributed by atoms with van der Waals surface area (Å²) in [5, 5.41) is 0. The summed E-state index contributed by atoms with van der Waals surface area (Å²) in [5.74, 6) is 10.1. The van der Waals surface area contributed by atoms with Gasteiger partial charge in [-0.15, -0.1) is 25.7 Å². The van der Waals surface area contributed by atoms with Gasteiger partial charge in [0.05, 0.1) is 19.0 Å². The van der Waals surface area contributed by atoms with Crippen LogP contribution in [-0.2, 0) is 18.9 Å². The second-order valence-electron chi connectivity index (χ2n) is 10.6. The van der Waals surface area contributed by atoms with Gasteiger partial charge in [0.1, 0.15) is 34.2 Å². The van der Waals surface area contributed by atoms with Crippen LogP contribution in [0.2, 0.25) is 12.1 Å². The number of terminal acetylenes is 4. The molecule has 0 fully saturated rings. The zero-order valence-corrected chi connectivity index (χ0v) is 25.6. The van der Waals surface area contributed by atoms with Gasteiger partial charge in [0.15, 0.2) is 0 Å². The molecule has 4 nitrogen and oxygen atoms in total. The van der Waals surface area contributed by atoms with E-state index in [0.29, 0.717) is 0 Å². The predicted molar refractivity (Wildman–Crippen MR) is 149 cm³/mol. The van der Waals surface area contributed by atoms with E-state index >= 15 is 0 Å². The molecule has 0 heterocycles. The van der Waals surface area contributed by atoms with Gasteiger partial charge < -0.3 is 18.9 Å². The maximum atomic E-state index is 6.05. The molecule has 0 N–H and O–H groups in total. The van der Waals surface area contributed by atoms with Crippen LogP contribution >= 0.6 is 0 Å². The highest BCUT2D eigenvalue weighted by molar-refractivity contribution is 6.36. The minimum absolute atomic E-state index is 0.293. The Morgan fingerprint density at radius 1 is 0.500 bits per heavy atom. The third-order valence-electron chi connectivity index (χ3n) is 5.22. The van der Waals surface area contributed by atoms with Crippen LogP contribution < -0.4 is 0 Å². The maximum Gasteiger partial charge on any atom is 0.138 e. The van der Waals surface area contributed by atoms with Gasteiger partial charge in [0, 0.05) is 0 Å². The standard InChI is InChI=1S/C28H46O4Si2/c1-13-25(5,6)29-23(30-26(7,8)14-2)33-21-19-17-18-20-22-34-24(31-27(9,10)15-3)32-28(11,12)16-4/h1-4,23-24H,17-22,33-34H2,5-12H3. The number of hydrogen-bond acceptors (Lipinski definition) is 4. The van der Waals surface area contributed by atoms with Crippen molar-refractivity contribution in [3.8, 4) is 49.4 Å². The molecule has 0 radical (unpaired) electrons. The molecule has 0 atom stereocenters. The van der Waals surface area contributed by atoms with Crippen LogP contribution in [0.15, 0.2) is 0 Å². The van der Waals surface area contributed by atoms with E-state index in [9.17, 15) is 0 Å². The first-order valence-corrected chi connectivity index (χ1v) is 15.9. The summed E-state index contributed by atoms with van der Waals surface area (Å²) in [7, 11) is -1.31. The summed E-state index contributed by atoms with van der Waals surface area (Å²) in [6.45, 7) is 15.0. The highest BCUT2D eigenvalue weighted by Gasteiger charge is 2.28. The molecule has 0 saturated heterocycles. The average Bonchev–Trinajstić information content (AvgIpc) is 2.74. The third kappa shape index (κ3) is 15.4. The zero-order chi connectivity index (χ0) is 26.5. The minimum atomic E-state index is -0.671. The highest BCUT2D eigenvalue weighted by atomic mass is 28.2. The topological polar surface area (TPSA) is 36.9 Å². The van der Waals surface area contributed by atoms with E-state index in [1.807, 2.05) is 55.4 Å². The van der Waals surface area contributed by atoms with E-state index in [4.69, 9.17) is 44.6 Å². The van der Waals surface area contributed by atoms with Gasteiger partial charge in [-0.05, 0) is 55.4 Å². The molecule has 0 spiro atoms. The number of hydrogen-bond donors (Lipinski definition) is 0. The summed E-state index contributed by atoms with van der Waals surface area (Å²) in [5.41, 5.74) is -2.68. The van der Waals surface area contributed by atoms with Gasteiger partial charge >= 0.3 is 0 Å². The molecule has 0 unspecified atom stereocenters. The van der Waals surface area contributed by atoms with E-state index in [2.05, 4.69) is 23.7 Å². The predicted octanol–water partition coefficient (Wildman–Crippen LogP) is 4.00. The summed E-state index contributed by atoms with van der Waals surface area (Å²) in [6.07, 6.45) is 27.0. The molecular weight excluding hydrogens is 456 g/mol. The molecule has 34 heavy (non-hydrogen) atoms. The van der Waals surface area contributed by atoms with Crippen LogP contribution in [0.25, 0.3) is 0 Å². The van der Waals surface area contributed by atoms with Gasteiger partial charge in [-0.3, -0.25) is 0 Å². The molecule has 190 valence electrons. The Balaban J connectivity index is 4.48. The van der Waals surface area contributed by atoms with Gasteiger partial charge in [0.2, 0.25) is 0 Å². The van der Waals surface area contributed by atoms with E-state index in [1.165, 1.54) is 12.8 Å². The number of rotatable bonds is 17. The van der Waals surface area contributed by atoms with Crippen molar-refractivity contribution < 1.29 is 18.9 Å². The molecule has 0 aromatic carbocycles. The number of ether oxygens (including phenoxy) is 4. The van der Waals surface area contributed by atoms with E-state index < -0.39 is 41.4 Å². The van der Waals surface area contributed by atoms with Crippen LogP contribution in [-0.4, -0.2) is 53.3 Å². The normalized spacial score (nSPS) is 13.5. The first kappa shape index (κ1) is 32.5. The highest BCUT2D eigenvalue weighted by Crippen LogP contribution is 2.20. The van der Waals surface area contributed by atoms with Crippen molar-refractivity contribution in [1.29, 1.82) is 0 Å². The van der Waals surface area contributed by atoms with Crippen LogP contribution in [0, 0.1) is 49.4 Å². The average molecular weight is 503 g/mol. The first-order valence-electron chi connectivity index (χ1n) is 12.2. The van der Waals surface area contributed by atoms with Crippen LogP contribution in [0.3, 0.4) is 0 Å². The zero-order valence-electron chi connectivity index (χ0n) is 22.8. The van der Waals surface area contributed by atoms with Crippen molar-refractivity contribution in [1.82, 2.24) is 0 Å². The smallest absolute Gasteiger partial charge is 0.138 e. The maximum absolute atomic E-state index is 6.05. The van der Waals surface area contributed by atoms with Crippen molar-refractivity contribution in [2.24, 2.45) is 0 Å². The molecule has 0 aromatic rings. The van der Waals surface area contributed by atoms with Crippen LogP contribution in [0.4, 0.5) is 0 Å². The lowest BCUT2D eigenvalue weighted by Gasteiger charge is -2.31. The molecule has 6 heteroatoms. The second-order valence-corrected chi connectivity index (χ2v) is 14.6. The van der Waals surface area contributed by atoms with Gasteiger partial charge in [0.25, 0.3) is 0 Å². The molecule has 0 rings (SSSR count). The van der Waals surface area contributed by atoms with Crippen molar-refractivity contribution in [2.75, 3.05) is 0 Å². The third-order valence-corrected chi connectivity index (χ3v) is 8.65. The van der Waals surface area contributed by atoms with Gasteiger partial charge in [-0.2, -0.15) is 0 Å². The van der Waals surface area contributed by atoms with Gasteiger partial charge in [-0.1, -0.05) is 61.5 Å².